The van der Waals surface area contributed by atoms with Crippen LogP contribution in [0, 0.1) is 5.92 Å². The molecule has 1 N–H and O–H groups in total. The van der Waals surface area contributed by atoms with Crippen molar-refractivity contribution in [2.45, 2.75) is 44.6 Å². The highest BCUT2D eigenvalue weighted by Gasteiger charge is 2.28. The van der Waals surface area contributed by atoms with E-state index in [9.17, 15) is 0 Å². The van der Waals surface area contributed by atoms with Gasteiger partial charge in [-0.2, -0.15) is 0 Å². The van der Waals surface area contributed by atoms with E-state index >= 15 is 0 Å². The summed E-state index contributed by atoms with van der Waals surface area (Å²) in [7, 11) is 0. The summed E-state index contributed by atoms with van der Waals surface area (Å²) >= 11 is 0. The minimum atomic E-state index is 0.878. The van der Waals surface area contributed by atoms with Crippen molar-refractivity contribution >= 4 is 0 Å². The third-order valence-corrected chi connectivity index (χ3v) is 5.11. The highest BCUT2D eigenvalue weighted by molar-refractivity contribution is 4.84. The summed E-state index contributed by atoms with van der Waals surface area (Å²) in [4.78, 5) is 5.52. The Morgan fingerprint density at radius 2 is 1.67 bits per heavy atom. The fourth-order valence-corrected chi connectivity index (χ4v) is 4.03. The molecule has 1 atom stereocenters. The van der Waals surface area contributed by atoms with Crippen LogP contribution >= 0.6 is 0 Å². The van der Waals surface area contributed by atoms with Crippen LogP contribution < -0.4 is 5.32 Å². The lowest BCUT2D eigenvalue weighted by Gasteiger charge is -2.39. The average Bonchev–Trinajstić information content (AvgIpc) is 2.94. The number of piperidine rings is 2. The van der Waals surface area contributed by atoms with Crippen LogP contribution in [0.3, 0.4) is 0 Å². The van der Waals surface area contributed by atoms with E-state index in [-0.39, 0.29) is 0 Å². The van der Waals surface area contributed by atoms with Crippen molar-refractivity contribution in [1.29, 1.82) is 0 Å². The number of rotatable bonds is 3. The van der Waals surface area contributed by atoms with Crippen LogP contribution in [0.1, 0.15) is 38.5 Å². The summed E-state index contributed by atoms with van der Waals surface area (Å²) in [5.41, 5.74) is 0. The van der Waals surface area contributed by atoms with Gasteiger partial charge in [0.05, 0.1) is 0 Å². The summed E-state index contributed by atoms with van der Waals surface area (Å²) < 4.78 is 0. The Morgan fingerprint density at radius 3 is 2.44 bits per heavy atom. The van der Waals surface area contributed by atoms with Gasteiger partial charge >= 0.3 is 0 Å². The van der Waals surface area contributed by atoms with E-state index in [1.807, 2.05) is 0 Å². The summed E-state index contributed by atoms with van der Waals surface area (Å²) in [5.74, 6) is 0.962. The molecule has 3 fully saturated rings. The van der Waals surface area contributed by atoms with Crippen molar-refractivity contribution in [3.8, 4) is 0 Å². The van der Waals surface area contributed by atoms with Crippen molar-refractivity contribution in [3.63, 3.8) is 0 Å². The molecule has 3 heterocycles. The Kier molecular flexibility index (Phi) is 4.55. The zero-order chi connectivity index (χ0) is 12.2. The SMILES string of the molecule is C1CC(N2CCCC2)CN(CC2CCNCC2)C1. The molecule has 3 aliphatic rings. The molecule has 3 rings (SSSR count). The molecule has 1 unspecified atom stereocenters. The molecule has 0 radical (unpaired) electrons. The van der Waals surface area contributed by atoms with Crippen molar-refractivity contribution < 1.29 is 0 Å². The predicted octanol–water partition coefficient (Wildman–Crippen LogP) is 1.55. The van der Waals surface area contributed by atoms with E-state index in [2.05, 4.69) is 15.1 Å². The van der Waals surface area contributed by atoms with Gasteiger partial charge in [0.15, 0.2) is 0 Å². The van der Waals surface area contributed by atoms with Gasteiger partial charge in [-0.25, -0.2) is 0 Å². The van der Waals surface area contributed by atoms with Crippen LogP contribution in [0.4, 0.5) is 0 Å². The maximum absolute atomic E-state index is 3.48. The van der Waals surface area contributed by atoms with Gasteiger partial charge in [-0.15, -0.1) is 0 Å². The number of hydrogen-bond donors (Lipinski definition) is 1. The summed E-state index contributed by atoms with van der Waals surface area (Å²) in [6, 6.07) is 0.878. The highest BCUT2D eigenvalue weighted by atomic mass is 15.2. The van der Waals surface area contributed by atoms with Gasteiger partial charge in [-0.3, -0.25) is 4.90 Å². The van der Waals surface area contributed by atoms with Gasteiger partial charge in [0.1, 0.15) is 0 Å². The zero-order valence-electron chi connectivity index (χ0n) is 11.7. The Bertz CT molecular complexity index is 244. The van der Waals surface area contributed by atoms with Gasteiger partial charge in [-0.1, -0.05) is 0 Å². The molecule has 0 bridgehead atoms. The van der Waals surface area contributed by atoms with E-state index in [0.717, 1.165) is 12.0 Å². The van der Waals surface area contributed by atoms with Gasteiger partial charge in [-0.05, 0) is 77.2 Å². The molecule has 3 heteroatoms. The average molecular weight is 251 g/mol. The Balaban J connectivity index is 1.47. The third-order valence-electron chi connectivity index (χ3n) is 5.11. The summed E-state index contributed by atoms with van der Waals surface area (Å²) in [6.45, 7) is 9.30. The first-order chi connectivity index (χ1) is 8.92. The lowest BCUT2D eigenvalue weighted by atomic mass is 9.95. The molecule has 18 heavy (non-hydrogen) atoms. The van der Waals surface area contributed by atoms with E-state index in [0.29, 0.717) is 0 Å². The quantitative estimate of drug-likeness (QED) is 0.821. The second kappa shape index (κ2) is 6.36. The van der Waals surface area contributed by atoms with E-state index in [1.54, 1.807) is 0 Å². The number of nitrogens with one attached hydrogen (secondary N) is 1. The summed E-state index contributed by atoms with van der Waals surface area (Å²) in [6.07, 6.45) is 8.53. The lowest BCUT2D eigenvalue weighted by molar-refractivity contribution is 0.0975. The minimum Gasteiger partial charge on any atom is -0.317 e. The number of likely N-dealkylation sites (tertiary alicyclic amines) is 2. The molecular formula is C15H29N3. The van der Waals surface area contributed by atoms with Gasteiger partial charge < -0.3 is 10.2 Å². The van der Waals surface area contributed by atoms with Crippen LogP contribution in [0.2, 0.25) is 0 Å². The molecular weight excluding hydrogens is 222 g/mol. The third kappa shape index (κ3) is 3.25. The minimum absolute atomic E-state index is 0.878. The molecule has 3 aliphatic heterocycles. The Morgan fingerprint density at radius 1 is 0.889 bits per heavy atom. The van der Waals surface area contributed by atoms with Crippen LogP contribution in [-0.2, 0) is 0 Å². The molecule has 3 nitrogen and oxygen atoms in total. The van der Waals surface area contributed by atoms with Crippen molar-refractivity contribution in [1.82, 2.24) is 15.1 Å². The maximum atomic E-state index is 3.48. The number of hydrogen-bond acceptors (Lipinski definition) is 3. The fraction of sp³-hybridized carbons (Fsp3) is 1.00. The van der Waals surface area contributed by atoms with Gasteiger partial charge in [0.2, 0.25) is 0 Å². The Hall–Kier alpha value is -0.120. The smallest absolute Gasteiger partial charge is 0.0223 e. The molecule has 0 aromatic rings. The normalized spacial score (nSPS) is 33.0. The second-order valence-corrected chi connectivity index (χ2v) is 6.49. The highest BCUT2D eigenvalue weighted by Crippen LogP contribution is 2.22. The van der Waals surface area contributed by atoms with Gasteiger partial charge in [0.25, 0.3) is 0 Å². The predicted molar refractivity (Wildman–Crippen MR) is 75.9 cm³/mol. The lowest BCUT2D eigenvalue weighted by Crippen LogP contribution is -2.48. The van der Waals surface area contributed by atoms with Crippen molar-refractivity contribution in [2.75, 3.05) is 45.8 Å². The van der Waals surface area contributed by atoms with E-state index in [4.69, 9.17) is 0 Å². The molecule has 0 aromatic heterocycles. The monoisotopic (exact) mass is 251 g/mol. The molecule has 3 saturated heterocycles. The van der Waals surface area contributed by atoms with Crippen LogP contribution in [0.15, 0.2) is 0 Å². The molecule has 0 saturated carbocycles. The molecule has 0 amide bonds. The first-order valence-corrected chi connectivity index (χ1v) is 8.09. The van der Waals surface area contributed by atoms with Gasteiger partial charge in [0, 0.05) is 19.1 Å². The molecule has 0 aromatic carbocycles. The molecule has 0 spiro atoms. The van der Waals surface area contributed by atoms with Crippen molar-refractivity contribution in [2.24, 2.45) is 5.92 Å². The maximum Gasteiger partial charge on any atom is 0.0223 e. The first-order valence-electron chi connectivity index (χ1n) is 8.09. The van der Waals surface area contributed by atoms with Crippen LogP contribution in [-0.4, -0.2) is 61.7 Å². The van der Waals surface area contributed by atoms with Crippen LogP contribution in [0.5, 0.6) is 0 Å². The largest absolute Gasteiger partial charge is 0.317 e. The fourth-order valence-electron chi connectivity index (χ4n) is 4.03. The van der Waals surface area contributed by atoms with E-state index < -0.39 is 0 Å². The van der Waals surface area contributed by atoms with Crippen molar-refractivity contribution in [3.05, 3.63) is 0 Å². The molecule has 0 aliphatic carbocycles. The molecule has 104 valence electrons. The standard InChI is InChI=1S/C15H29N3/c1-2-11-18(10-1)15-4-3-9-17(13-15)12-14-5-7-16-8-6-14/h14-16H,1-13H2. The first kappa shape index (κ1) is 12.9. The second-order valence-electron chi connectivity index (χ2n) is 6.49. The van der Waals surface area contributed by atoms with Crippen LogP contribution in [0.25, 0.3) is 0 Å². The topological polar surface area (TPSA) is 18.5 Å². The Labute approximate surface area is 112 Å². The van der Waals surface area contributed by atoms with E-state index in [1.165, 1.54) is 84.3 Å². The number of nitrogens with zero attached hydrogens (tertiary/aromatic N) is 2. The zero-order valence-corrected chi connectivity index (χ0v) is 11.7. The summed E-state index contributed by atoms with van der Waals surface area (Å²) in [5, 5.41) is 3.48.